The summed E-state index contributed by atoms with van der Waals surface area (Å²) < 4.78 is 0. The lowest BCUT2D eigenvalue weighted by Crippen LogP contribution is -2.32. The zero-order valence-electron chi connectivity index (χ0n) is 9.25. The van der Waals surface area contributed by atoms with Crippen molar-refractivity contribution in [2.24, 2.45) is 0 Å². The number of aromatic amines is 1. The molecule has 0 aliphatic heterocycles. The van der Waals surface area contributed by atoms with Crippen LogP contribution in [0.4, 0.5) is 0 Å². The van der Waals surface area contributed by atoms with E-state index in [4.69, 9.17) is 0 Å². The molecule has 4 nitrogen and oxygen atoms in total. The van der Waals surface area contributed by atoms with Gasteiger partial charge in [-0.05, 0) is 13.1 Å². The minimum atomic E-state index is 0.565. The average Bonchev–Trinajstić information content (AvgIpc) is 2.56. The highest BCUT2D eigenvalue weighted by atomic mass is 15.2. The first-order chi connectivity index (χ1) is 6.68. The number of likely N-dealkylation sites (N-methyl/N-ethyl adjacent to an activating group) is 1. The smallest absolute Gasteiger partial charge is 0.0492 e. The lowest BCUT2D eigenvalue weighted by Gasteiger charge is -2.16. The van der Waals surface area contributed by atoms with Gasteiger partial charge in [-0.25, -0.2) is 0 Å². The van der Waals surface area contributed by atoms with Crippen LogP contribution >= 0.6 is 0 Å². The molecule has 0 aromatic carbocycles. The molecular formula is C10H20N4. The van der Waals surface area contributed by atoms with Crippen LogP contribution in [0.1, 0.15) is 19.5 Å². The van der Waals surface area contributed by atoms with Gasteiger partial charge in [0.1, 0.15) is 0 Å². The van der Waals surface area contributed by atoms with Crippen LogP contribution in [0.5, 0.6) is 0 Å². The third-order valence-electron chi connectivity index (χ3n) is 2.04. The van der Waals surface area contributed by atoms with Crippen molar-refractivity contribution in [3.8, 4) is 0 Å². The average molecular weight is 196 g/mol. The van der Waals surface area contributed by atoms with Crippen LogP contribution in [0.25, 0.3) is 0 Å². The van der Waals surface area contributed by atoms with Gasteiger partial charge in [0.15, 0.2) is 0 Å². The first-order valence-electron chi connectivity index (χ1n) is 5.08. The lowest BCUT2D eigenvalue weighted by atomic mass is 10.3. The van der Waals surface area contributed by atoms with Gasteiger partial charge in [0, 0.05) is 37.6 Å². The standard InChI is InChI=1S/C10H20N4/c1-9(2)11-6-7-14(3)8-10-4-5-12-13-10/h4-5,9,11H,6-8H2,1-3H3,(H,12,13). The maximum Gasteiger partial charge on any atom is 0.0492 e. The topological polar surface area (TPSA) is 44.0 Å². The Morgan fingerprint density at radius 3 is 2.93 bits per heavy atom. The van der Waals surface area contributed by atoms with E-state index in [0.29, 0.717) is 6.04 Å². The summed E-state index contributed by atoms with van der Waals surface area (Å²) in [7, 11) is 2.11. The molecule has 1 aromatic rings. The second kappa shape index (κ2) is 5.78. The summed E-state index contributed by atoms with van der Waals surface area (Å²) >= 11 is 0. The second-order valence-electron chi connectivity index (χ2n) is 3.93. The Labute approximate surface area is 85.7 Å². The minimum Gasteiger partial charge on any atom is -0.313 e. The van der Waals surface area contributed by atoms with E-state index in [2.05, 4.69) is 41.3 Å². The molecule has 1 rings (SSSR count). The Balaban J connectivity index is 2.13. The lowest BCUT2D eigenvalue weighted by molar-refractivity contribution is 0.316. The third-order valence-corrected chi connectivity index (χ3v) is 2.04. The van der Waals surface area contributed by atoms with Crippen LogP contribution in [0.2, 0.25) is 0 Å². The number of aromatic nitrogens is 2. The Morgan fingerprint density at radius 1 is 1.57 bits per heavy atom. The highest BCUT2D eigenvalue weighted by molar-refractivity contribution is 4.96. The number of rotatable bonds is 6. The number of nitrogens with one attached hydrogen (secondary N) is 2. The van der Waals surface area contributed by atoms with E-state index in [1.807, 2.05) is 6.07 Å². The molecule has 0 fully saturated rings. The molecule has 0 amide bonds. The first-order valence-corrected chi connectivity index (χ1v) is 5.08. The molecule has 0 aliphatic carbocycles. The van der Waals surface area contributed by atoms with Crippen molar-refractivity contribution in [3.63, 3.8) is 0 Å². The molecule has 1 aromatic heterocycles. The summed E-state index contributed by atoms with van der Waals surface area (Å²) in [4.78, 5) is 2.27. The van der Waals surface area contributed by atoms with Crippen LogP contribution in [-0.4, -0.2) is 41.3 Å². The predicted molar refractivity (Wildman–Crippen MR) is 58.1 cm³/mol. The highest BCUT2D eigenvalue weighted by Crippen LogP contribution is 1.96. The molecule has 0 unspecified atom stereocenters. The van der Waals surface area contributed by atoms with E-state index in [-0.39, 0.29) is 0 Å². The Morgan fingerprint density at radius 2 is 2.36 bits per heavy atom. The van der Waals surface area contributed by atoms with E-state index in [1.54, 1.807) is 6.20 Å². The van der Waals surface area contributed by atoms with Gasteiger partial charge in [0.2, 0.25) is 0 Å². The molecule has 0 saturated heterocycles. The van der Waals surface area contributed by atoms with Crippen LogP contribution < -0.4 is 5.32 Å². The van der Waals surface area contributed by atoms with Crippen molar-refractivity contribution in [1.29, 1.82) is 0 Å². The van der Waals surface area contributed by atoms with Crippen LogP contribution in [0.15, 0.2) is 12.3 Å². The molecular weight excluding hydrogens is 176 g/mol. The molecule has 0 spiro atoms. The Hall–Kier alpha value is -0.870. The summed E-state index contributed by atoms with van der Waals surface area (Å²) in [6.45, 7) is 7.34. The largest absolute Gasteiger partial charge is 0.313 e. The summed E-state index contributed by atoms with van der Waals surface area (Å²) in [5.74, 6) is 0. The van der Waals surface area contributed by atoms with Crippen LogP contribution in [0, 0.1) is 0 Å². The summed E-state index contributed by atoms with van der Waals surface area (Å²) in [5, 5.41) is 10.3. The van der Waals surface area contributed by atoms with Gasteiger partial charge < -0.3 is 5.32 Å². The quantitative estimate of drug-likeness (QED) is 0.708. The van der Waals surface area contributed by atoms with Crippen molar-refractivity contribution in [2.75, 3.05) is 20.1 Å². The summed E-state index contributed by atoms with van der Waals surface area (Å²) in [6.07, 6.45) is 1.79. The SMILES string of the molecule is CC(C)NCCN(C)Cc1ccn[nH]1. The maximum atomic E-state index is 3.92. The molecule has 2 N–H and O–H groups in total. The Bertz CT molecular complexity index is 230. The molecule has 0 saturated carbocycles. The van der Waals surface area contributed by atoms with Crippen LogP contribution in [-0.2, 0) is 6.54 Å². The van der Waals surface area contributed by atoms with Gasteiger partial charge in [0.25, 0.3) is 0 Å². The zero-order valence-corrected chi connectivity index (χ0v) is 9.25. The summed E-state index contributed by atoms with van der Waals surface area (Å²) in [5.41, 5.74) is 1.16. The molecule has 0 atom stereocenters. The summed E-state index contributed by atoms with van der Waals surface area (Å²) in [6, 6.07) is 2.57. The van der Waals surface area contributed by atoms with E-state index >= 15 is 0 Å². The predicted octanol–water partition coefficient (Wildman–Crippen LogP) is 0.839. The van der Waals surface area contributed by atoms with Crippen molar-refractivity contribution in [1.82, 2.24) is 20.4 Å². The van der Waals surface area contributed by atoms with Crippen molar-refractivity contribution in [3.05, 3.63) is 18.0 Å². The molecule has 80 valence electrons. The molecule has 14 heavy (non-hydrogen) atoms. The van der Waals surface area contributed by atoms with Gasteiger partial charge in [-0.3, -0.25) is 10.00 Å². The number of H-pyrrole nitrogens is 1. The van der Waals surface area contributed by atoms with Gasteiger partial charge in [0.05, 0.1) is 0 Å². The van der Waals surface area contributed by atoms with E-state index in [9.17, 15) is 0 Å². The normalized spacial score (nSPS) is 11.5. The van der Waals surface area contributed by atoms with Gasteiger partial charge in [-0.15, -0.1) is 0 Å². The van der Waals surface area contributed by atoms with Crippen molar-refractivity contribution < 1.29 is 0 Å². The zero-order chi connectivity index (χ0) is 10.4. The number of hydrogen-bond donors (Lipinski definition) is 2. The monoisotopic (exact) mass is 196 g/mol. The molecule has 0 aliphatic rings. The van der Waals surface area contributed by atoms with Gasteiger partial charge >= 0.3 is 0 Å². The van der Waals surface area contributed by atoms with Crippen molar-refractivity contribution in [2.45, 2.75) is 26.4 Å². The fourth-order valence-corrected chi connectivity index (χ4v) is 1.29. The fraction of sp³-hybridized carbons (Fsp3) is 0.700. The fourth-order valence-electron chi connectivity index (χ4n) is 1.29. The molecule has 1 heterocycles. The van der Waals surface area contributed by atoms with E-state index in [0.717, 1.165) is 25.3 Å². The highest BCUT2D eigenvalue weighted by Gasteiger charge is 2.00. The Kier molecular flexibility index (Phi) is 4.62. The molecule has 0 radical (unpaired) electrons. The first kappa shape index (κ1) is 11.2. The van der Waals surface area contributed by atoms with E-state index in [1.165, 1.54) is 0 Å². The van der Waals surface area contributed by atoms with Crippen molar-refractivity contribution >= 4 is 0 Å². The van der Waals surface area contributed by atoms with Gasteiger partial charge in [-0.1, -0.05) is 13.8 Å². The number of nitrogens with zero attached hydrogens (tertiary/aromatic N) is 2. The molecule has 0 bridgehead atoms. The van der Waals surface area contributed by atoms with E-state index < -0.39 is 0 Å². The molecule has 4 heteroatoms. The maximum absolute atomic E-state index is 3.92. The minimum absolute atomic E-state index is 0.565. The second-order valence-corrected chi connectivity index (χ2v) is 3.93. The number of hydrogen-bond acceptors (Lipinski definition) is 3. The third kappa shape index (κ3) is 4.39. The van der Waals surface area contributed by atoms with Crippen LogP contribution in [0.3, 0.4) is 0 Å². The van der Waals surface area contributed by atoms with Gasteiger partial charge in [-0.2, -0.15) is 5.10 Å².